The predicted molar refractivity (Wildman–Crippen MR) is 98.6 cm³/mol. The summed E-state index contributed by atoms with van der Waals surface area (Å²) in [5, 5.41) is 24.6. The molecule has 0 saturated heterocycles. The number of hydrogen-bond donors (Lipinski definition) is 5. The zero-order valence-electron chi connectivity index (χ0n) is 15.7. The smallest absolute Gasteiger partial charge is 0.394 e. The van der Waals surface area contributed by atoms with Gasteiger partial charge in [0.15, 0.2) is 0 Å². The first-order valence-corrected chi connectivity index (χ1v) is 10.3. The van der Waals surface area contributed by atoms with Gasteiger partial charge in [-0.3, -0.25) is 13.9 Å². The number of aliphatic hydroxyl groups is 2. The summed E-state index contributed by atoms with van der Waals surface area (Å²) >= 11 is 0. The van der Waals surface area contributed by atoms with Crippen LogP contribution < -0.4 is 0 Å². The van der Waals surface area contributed by atoms with Crippen molar-refractivity contribution < 1.29 is 42.4 Å². The topological polar surface area (TPSA) is 162 Å². The van der Waals surface area contributed by atoms with Gasteiger partial charge in [-0.15, -0.1) is 0 Å². The Morgan fingerprint density at radius 2 is 1.15 bits per heavy atom. The van der Waals surface area contributed by atoms with Crippen LogP contribution in [0.15, 0.2) is 0 Å². The zero-order valence-corrected chi connectivity index (χ0v) is 16.5. The van der Waals surface area contributed by atoms with E-state index in [4.69, 9.17) is 32.8 Å². The lowest BCUT2D eigenvalue weighted by Crippen LogP contribution is -2.03. The van der Waals surface area contributed by atoms with Crippen molar-refractivity contribution in [3.8, 4) is 0 Å². The van der Waals surface area contributed by atoms with Gasteiger partial charge in [-0.05, 0) is 6.42 Å². The highest BCUT2D eigenvalue weighted by Gasteiger charge is 1.96. The summed E-state index contributed by atoms with van der Waals surface area (Å²) in [5.41, 5.74) is 0. The maximum Gasteiger partial charge on any atom is 0.394 e. The molecule has 0 rings (SSSR count). The molecular formula is C16H36O9S. The standard InChI is InChI=1S/C12H24O2.C4H10O3.H2O4S/c1-2-3-4-5-6-7-8-9-10-11-12(13)14;5-1-3-7-4-2-6;1-5(2,3)4/h2-11H2,1H3,(H,13,14);5-6H,1-4H2;(H2,1,2,3,4). The molecule has 0 heterocycles. The number of carboxylic acid groups (broad SMARTS) is 1. The van der Waals surface area contributed by atoms with Gasteiger partial charge < -0.3 is 20.1 Å². The van der Waals surface area contributed by atoms with Crippen LogP contribution in [0.5, 0.6) is 0 Å². The number of ether oxygens (including phenoxy) is 1. The summed E-state index contributed by atoms with van der Waals surface area (Å²) in [6, 6.07) is 0. The van der Waals surface area contributed by atoms with Crippen molar-refractivity contribution in [3.05, 3.63) is 0 Å². The van der Waals surface area contributed by atoms with Gasteiger partial charge >= 0.3 is 16.4 Å². The molecule has 160 valence electrons. The van der Waals surface area contributed by atoms with Crippen LogP contribution in [-0.4, -0.2) is 65.2 Å². The number of carbonyl (C=O) groups is 1. The first-order valence-electron chi connectivity index (χ1n) is 8.90. The minimum Gasteiger partial charge on any atom is -0.481 e. The molecule has 0 spiro atoms. The molecule has 0 aromatic carbocycles. The van der Waals surface area contributed by atoms with Crippen LogP contribution in [0.2, 0.25) is 0 Å². The van der Waals surface area contributed by atoms with Crippen LogP contribution >= 0.6 is 0 Å². The number of aliphatic hydroxyl groups excluding tert-OH is 2. The van der Waals surface area contributed by atoms with E-state index in [2.05, 4.69) is 11.7 Å². The third kappa shape index (κ3) is 56.7. The molecule has 0 aliphatic heterocycles. The Morgan fingerprint density at radius 3 is 1.46 bits per heavy atom. The van der Waals surface area contributed by atoms with Crippen molar-refractivity contribution >= 4 is 16.4 Å². The monoisotopic (exact) mass is 404 g/mol. The molecule has 0 bridgehead atoms. The van der Waals surface area contributed by atoms with Crippen LogP contribution in [0.1, 0.15) is 71.1 Å². The number of rotatable bonds is 14. The second kappa shape index (κ2) is 24.2. The van der Waals surface area contributed by atoms with E-state index in [-0.39, 0.29) is 13.2 Å². The fraction of sp³-hybridized carbons (Fsp3) is 0.938. The van der Waals surface area contributed by atoms with Gasteiger partial charge in [0.1, 0.15) is 0 Å². The van der Waals surface area contributed by atoms with E-state index in [1.165, 1.54) is 44.9 Å². The van der Waals surface area contributed by atoms with Crippen LogP contribution in [0.25, 0.3) is 0 Å². The van der Waals surface area contributed by atoms with Gasteiger partial charge in [-0.25, -0.2) is 0 Å². The molecule has 9 nitrogen and oxygen atoms in total. The lowest BCUT2D eigenvalue weighted by atomic mass is 10.1. The average Bonchev–Trinajstić information content (AvgIpc) is 2.53. The Labute approximate surface area is 157 Å². The summed E-state index contributed by atoms with van der Waals surface area (Å²) in [6.45, 7) is 2.92. The molecule has 5 N–H and O–H groups in total. The van der Waals surface area contributed by atoms with Crippen LogP contribution in [0.3, 0.4) is 0 Å². The summed E-state index contributed by atoms with van der Waals surface area (Å²) in [7, 11) is -4.67. The molecule has 0 aliphatic carbocycles. The van der Waals surface area contributed by atoms with Crippen LogP contribution in [0.4, 0.5) is 0 Å². The third-order valence-electron chi connectivity index (χ3n) is 2.97. The van der Waals surface area contributed by atoms with E-state index in [0.29, 0.717) is 19.6 Å². The lowest BCUT2D eigenvalue weighted by Gasteiger charge is -2.00. The number of aliphatic carboxylic acids is 1. The molecule has 10 heteroatoms. The number of hydrogen-bond acceptors (Lipinski definition) is 6. The summed E-state index contributed by atoms with van der Waals surface area (Å²) in [5.74, 6) is -0.659. The highest BCUT2D eigenvalue weighted by atomic mass is 32.3. The first-order chi connectivity index (χ1) is 12.2. The maximum atomic E-state index is 10.2. The van der Waals surface area contributed by atoms with E-state index in [1.54, 1.807) is 0 Å². The second-order valence-corrected chi connectivity index (χ2v) is 6.38. The predicted octanol–water partition coefficient (Wildman–Crippen LogP) is 2.33. The molecule has 0 fully saturated rings. The van der Waals surface area contributed by atoms with Gasteiger partial charge in [0.05, 0.1) is 26.4 Å². The number of carboxylic acids is 1. The fourth-order valence-corrected chi connectivity index (χ4v) is 1.82. The SMILES string of the molecule is CCCCCCCCCCCC(=O)O.O=S(=O)(O)O.OCCOCCO. The van der Waals surface area contributed by atoms with Gasteiger partial charge in [-0.2, -0.15) is 8.42 Å². The molecule has 0 radical (unpaired) electrons. The average molecular weight is 405 g/mol. The Bertz CT molecular complexity index is 360. The molecule has 0 amide bonds. The number of unbranched alkanes of at least 4 members (excludes halogenated alkanes) is 8. The van der Waals surface area contributed by atoms with Crippen molar-refractivity contribution in [2.45, 2.75) is 71.1 Å². The zero-order chi connectivity index (χ0) is 20.7. The summed E-state index contributed by atoms with van der Waals surface area (Å²) in [6.07, 6.45) is 11.5. The maximum absolute atomic E-state index is 10.2. The Hall–Kier alpha value is -0.780. The minimum atomic E-state index is -4.67. The molecule has 0 aromatic heterocycles. The van der Waals surface area contributed by atoms with Crippen molar-refractivity contribution in [1.29, 1.82) is 0 Å². The van der Waals surface area contributed by atoms with Crippen LogP contribution in [-0.2, 0) is 19.9 Å². The van der Waals surface area contributed by atoms with Crippen molar-refractivity contribution in [1.82, 2.24) is 0 Å². The molecule has 0 saturated carbocycles. The summed E-state index contributed by atoms with van der Waals surface area (Å²) in [4.78, 5) is 10.2. The molecule has 0 aliphatic rings. The highest BCUT2D eigenvalue weighted by Crippen LogP contribution is 2.10. The Morgan fingerprint density at radius 1 is 0.808 bits per heavy atom. The molecule has 0 atom stereocenters. The van der Waals surface area contributed by atoms with Crippen molar-refractivity contribution in [3.63, 3.8) is 0 Å². The van der Waals surface area contributed by atoms with Gasteiger partial charge in [0.2, 0.25) is 0 Å². The van der Waals surface area contributed by atoms with Gasteiger partial charge in [0.25, 0.3) is 0 Å². The van der Waals surface area contributed by atoms with Gasteiger partial charge in [-0.1, -0.05) is 58.3 Å². The highest BCUT2D eigenvalue weighted by molar-refractivity contribution is 7.79. The Balaban J connectivity index is -0.000000366. The van der Waals surface area contributed by atoms with Crippen LogP contribution in [0, 0.1) is 0 Å². The van der Waals surface area contributed by atoms with E-state index in [9.17, 15) is 4.79 Å². The minimum absolute atomic E-state index is 0.0278. The molecule has 0 unspecified atom stereocenters. The molecule has 26 heavy (non-hydrogen) atoms. The lowest BCUT2D eigenvalue weighted by molar-refractivity contribution is -0.137. The van der Waals surface area contributed by atoms with Crippen molar-refractivity contribution in [2.24, 2.45) is 0 Å². The quantitative estimate of drug-likeness (QED) is 0.216. The second-order valence-electron chi connectivity index (χ2n) is 5.48. The third-order valence-corrected chi connectivity index (χ3v) is 2.97. The van der Waals surface area contributed by atoms with Gasteiger partial charge in [0, 0.05) is 6.42 Å². The Kier molecular flexibility index (Phi) is 27.9. The van der Waals surface area contributed by atoms with E-state index in [0.717, 1.165) is 12.8 Å². The van der Waals surface area contributed by atoms with E-state index < -0.39 is 16.4 Å². The molecular weight excluding hydrogens is 368 g/mol. The summed E-state index contributed by atoms with van der Waals surface area (Å²) < 4.78 is 36.2. The van der Waals surface area contributed by atoms with E-state index in [1.807, 2.05) is 0 Å². The fourth-order valence-electron chi connectivity index (χ4n) is 1.82. The normalized spacial score (nSPS) is 10.3. The first kappa shape index (κ1) is 30.0. The largest absolute Gasteiger partial charge is 0.481 e. The van der Waals surface area contributed by atoms with Crippen molar-refractivity contribution in [2.75, 3.05) is 26.4 Å². The molecule has 0 aromatic rings. The van der Waals surface area contributed by atoms with E-state index >= 15 is 0 Å².